The van der Waals surface area contributed by atoms with Crippen molar-refractivity contribution in [2.24, 2.45) is 16.7 Å². The molecule has 0 aliphatic carbocycles. The van der Waals surface area contributed by atoms with Crippen LogP contribution in [0.5, 0.6) is 0 Å². The van der Waals surface area contributed by atoms with Crippen molar-refractivity contribution >= 4 is 8.58 Å². The molecule has 0 radical (unpaired) electrons. The third kappa shape index (κ3) is 11.3. The minimum Gasteiger partial charge on any atom is -0.116 e. The van der Waals surface area contributed by atoms with Gasteiger partial charge in [0.15, 0.2) is 0 Å². The molecule has 0 aliphatic rings. The number of hydrogen-bond donors (Lipinski definition) is 0. The molecule has 0 spiro atoms. The molecule has 1 heteroatoms. The van der Waals surface area contributed by atoms with E-state index in [1.165, 1.54) is 19.0 Å². The van der Waals surface area contributed by atoms with Crippen LogP contribution in [0.15, 0.2) is 0 Å². The Balaban J connectivity index is 4.10. The standard InChI is InChI=1S/C16H35P/c1-13(10-14(2,3)4)11-17-16(8,9)12-15(5,6)7/h13,17H,10-12H2,1-9H3. The van der Waals surface area contributed by atoms with Crippen molar-refractivity contribution in [2.45, 2.75) is 80.3 Å². The first-order valence-electron chi connectivity index (χ1n) is 7.06. The zero-order chi connectivity index (χ0) is 13.9. The highest BCUT2D eigenvalue weighted by molar-refractivity contribution is 7.39. The summed E-state index contributed by atoms with van der Waals surface area (Å²) in [5, 5.41) is 0.518. The zero-order valence-corrected chi connectivity index (χ0v) is 14.7. The van der Waals surface area contributed by atoms with Crippen LogP contribution in [-0.4, -0.2) is 11.3 Å². The van der Waals surface area contributed by atoms with E-state index in [4.69, 9.17) is 0 Å². The first-order valence-corrected chi connectivity index (χ1v) is 8.27. The van der Waals surface area contributed by atoms with Gasteiger partial charge in [-0.15, -0.1) is 8.58 Å². The van der Waals surface area contributed by atoms with Gasteiger partial charge in [0.25, 0.3) is 0 Å². The lowest BCUT2D eigenvalue weighted by atomic mass is 9.85. The molecule has 0 heterocycles. The first-order chi connectivity index (χ1) is 7.31. The van der Waals surface area contributed by atoms with Crippen molar-refractivity contribution in [3.05, 3.63) is 0 Å². The Hall–Kier alpha value is 0.430. The second kappa shape index (κ2) is 6.05. The van der Waals surface area contributed by atoms with E-state index < -0.39 is 0 Å². The fourth-order valence-electron chi connectivity index (χ4n) is 2.96. The van der Waals surface area contributed by atoms with Gasteiger partial charge in [0.1, 0.15) is 0 Å². The molecule has 0 N–H and O–H groups in total. The van der Waals surface area contributed by atoms with Crippen LogP contribution in [0.25, 0.3) is 0 Å². The zero-order valence-electron chi connectivity index (χ0n) is 13.7. The molecular weight excluding hydrogens is 223 g/mol. The molecule has 17 heavy (non-hydrogen) atoms. The highest BCUT2D eigenvalue weighted by atomic mass is 31.1. The van der Waals surface area contributed by atoms with Crippen molar-refractivity contribution in [2.75, 3.05) is 6.16 Å². The Bertz CT molecular complexity index is 215. The maximum Gasteiger partial charge on any atom is -0.0173 e. The summed E-state index contributed by atoms with van der Waals surface area (Å²) >= 11 is 0. The Morgan fingerprint density at radius 3 is 1.65 bits per heavy atom. The van der Waals surface area contributed by atoms with Gasteiger partial charge in [-0.25, -0.2) is 0 Å². The molecule has 104 valence electrons. The van der Waals surface area contributed by atoms with Crippen LogP contribution in [0.1, 0.15) is 75.2 Å². The SMILES string of the molecule is CC(CPC(C)(C)CC(C)(C)C)CC(C)(C)C. The summed E-state index contributed by atoms with van der Waals surface area (Å²) in [5.41, 5.74) is 0.946. The molecule has 0 bridgehead atoms. The van der Waals surface area contributed by atoms with Crippen LogP contribution in [0.4, 0.5) is 0 Å². The van der Waals surface area contributed by atoms with Crippen LogP contribution < -0.4 is 0 Å². The summed E-state index contributed by atoms with van der Waals surface area (Å²) in [4.78, 5) is 0. The van der Waals surface area contributed by atoms with Gasteiger partial charge in [0.05, 0.1) is 0 Å². The van der Waals surface area contributed by atoms with Gasteiger partial charge in [-0.05, 0) is 40.9 Å². The summed E-state index contributed by atoms with van der Waals surface area (Å²) in [6.45, 7) is 21.5. The second-order valence-corrected chi connectivity index (χ2v) is 11.0. The molecule has 0 fully saturated rings. The van der Waals surface area contributed by atoms with E-state index in [1.54, 1.807) is 0 Å². The maximum atomic E-state index is 2.44. The smallest absolute Gasteiger partial charge is 0.0173 e. The molecule has 2 atom stereocenters. The molecular formula is C16H35P. The average Bonchev–Trinajstić information content (AvgIpc) is 1.92. The minimum absolute atomic E-state index is 0.462. The van der Waals surface area contributed by atoms with Crippen molar-refractivity contribution in [3.63, 3.8) is 0 Å². The summed E-state index contributed by atoms with van der Waals surface area (Å²) in [6.07, 6.45) is 4.09. The van der Waals surface area contributed by atoms with E-state index in [2.05, 4.69) is 62.3 Å². The molecule has 0 aromatic heterocycles. The lowest BCUT2D eigenvalue weighted by molar-refractivity contribution is 0.319. The highest BCUT2D eigenvalue weighted by Crippen LogP contribution is 2.42. The summed E-state index contributed by atoms with van der Waals surface area (Å²) in [7, 11) is 1.10. The predicted octanol–water partition coefficient (Wildman–Crippen LogP) is 5.95. The van der Waals surface area contributed by atoms with Crippen molar-refractivity contribution in [1.29, 1.82) is 0 Å². The quantitative estimate of drug-likeness (QED) is 0.534. The van der Waals surface area contributed by atoms with E-state index in [-0.39, 0.29) is 0 Å². The van der Waals surface area contributed by atoms with Gasteiger partial charge in [0, 0.05) is 0 Å². The van der Waals surface area contributed by atoms with Crippen molar-refractivity contribution < 1.29 is 0 Å². The van der Waals surface area contributed by atoms with Crippen LogP contribution in [0, 0.1) is 16.7 Å². The van der Waals surface area contributed by atoms with Crippen LogP contribution in [0.3, 0.4) is 0 Å². The minimum atomic E-state index is 0.462. The summed E-state index contributed by atoms with van der Waals surface area (Å²) < 4.78 is 0. The maximum absolute atomic E-state index is 2.44. The second-order valence-electron chi connectivity index (χ2n) is 8.87. The van der Waals surface area contributed by atoms with E-state index in [0.717, 1.165) is 14.5 Å². The fraction of sp³-hybridized carbons (Fsp3) is 1.00. The Kier molecular flexibility index (Phi) is 6.20. The van der Waals surface area contributed by atoms with E-state index in [0.29, 0.717) is 16.0 Å². The van der Waals surface area contributed by atoms with Crippen LogP contribution in [-0.2, 0) is 0 Å². The molecule has 0 aromatic carbocycles. The summed E-state index contributed by atoms with van der Waals surface area (Å²) in [5.74, 6) is 0.868. The molecule has 0 aliphatic heterocycles. The van der Waals surface area contributed by atoms with Crippen LogP contribution in [0.2, 0.25) is 0 Å². The molecule has 0 saturated carbocycles. The normalized spacial score (nSPS) is 16.8. The van der Waals surface area contributed by atoms with Crippen molar-refractivity contribution in [1.82, 2.24) is 0 Å². The topological polar surface area (TPSA) is 0 Å². The third-order valence-electron chi connectivity index (χ3n) is 2.86. The molecule has 0 amide bonds. The molecule has 0 saturated heterocycles. The van der Waals surface area contributed by atoms with Gasteiger partial charge >= 0.3 is 0 Å². The number of hydrogen-bond acceptors (Lipinski definition) is 0. The van der Waals surface area contributed by atoms with Crippen molar-refractivity contribution in [3.8, 4) is 0 Å². The monoisotopic (exact) mass is 258 g/mol. The van der Waals surface area contributed by atoms with E-state index in [9.17, 15) is 0 Å². The van der Waals surface area contributed by atoms with E-state index >= 15 is 0 Å². The van der Waals surface area contributed by atoms with Gasteiger partial charge in [-0.2, -0.15) is 0 Å². The fourth-order valence-corrected chi connectivity index (χ4v) is 4.66. The molecule has 0 aromatic rings. The Morgan fingerprint density at radius 1 is 0.824 bits per heavy atom. The van der Waals surface area contributed by atoms with Gasteiger partial charge in [0.2, 0.25) is 0 Å². The third-order valence-corrected chi connectivity index (χ3v) is 4.90. The van der Waals surface area contributed by atoms with Gasteiger partial charge < -0.3 is 0 Å². The Morgan fingerprint density at radius 2 is 1.29 bits per heavy atom. The lowest BCUT2D eigenvalue weighted by Gasteiger charge is -2.34. The first kappa shape index (κ1) is 17.4. The number of rotatable bonds is 5. The average molecular weight is 258 g/mol. The molecule has 0 nitrogen and oxygen atoms in total. The lowest BCUT2D eigenvalue weighted by Crippen LogP contribution is -2.24. The summed E-state index contributed by atoms with van der Waals surface area (Å²) in [6, 6.07) is 0. The largest absolute Gasteiger partial charge is 0.116 e. The van der Waals surface area contributed by atoms with E-state index in [1.807, 2.05) is 0 Å². The molecule has 0 rings (SSSR count). The van der Waals surface area contributed by atoms with Crippen LogP contribution >= 0.6 is 8.58 Å². The molecule has 2 unspecified atom stereocenters. The highest BCUT2D eigenvalue weighted by Gasteiger charge is 2.26. The predicted molar refractivity (Wildman–Crippen MR) is 84.6 cm³/mol. The van der Waals surface area contributed by atoms with Gasteiger partial charge in [-0.1, -0.05) is 62.3 Å². The van der Waals surface area contributed by atoms with Gasteiger partial charge in [-0.3, -0.25) is 0 Å². The Labute approximate surface area is 112 Å².